The molecule has 5 nitrogen and oxygen atoms in total. The van der Waals surface area contributed by atoms with Gasteiger partial charge in [-0.3, -0.25) is 0 Å². The SMILES string of the molecule is CCCCCCCCCCCCCCCCC(=S)O[C@H]1CO[C@@H]([C@H](O)CO)[C@H]1O. The molecule has 1 saturated heterocycles. The Morgan fingerprint density at radius 3 is 1.90 bits per heavy atom. The first-order valence-corrected chi connectivity index (χ1v) is 12.3. The molecule has 0 spiro atoms. The van der Waals surface area contributed by atoms with Gasteiger partial charge in [0.1, 0.15) is 18.3 Å². The molecule has 3 N–H and O–H groups in total. The van der Waals surface area contributed by atoms with Crippen LogP contribution >= 0.6 is 12.2 Å². The van der Waals surface area contributed by atoms with Gasteiger partial charge < -0.3 is 24.8 Å². The zero-order valence-corrected chi connectivity index (χ0v) is 19.2. The summed E-state index contributed by atoms with van der Waals surface area (Å²) in [6.45, 7) is 2.00. The van der Waals surface area contributed by atoms with Crippen molar-refractivity contribution < 1.29 is 24.8 Å². The summed E-state index contributed by atoms with van der Waals surface area (Å²) in [7, 11) is 0. The van der Waals surface area contributed by atoms with E-state index in [9.17, 15) is 10.2 Å². The molecule has 0 aromatic carbocycles. The number of unbranched alkanes of at least 4 members (excludes halogenated alkanes) is 13. The average Bonchev–Trinajstić information content (AvgIpc) is 3.07. The summed E-state index contributed by atoms with van der Waals surface area (Å²) < 4.78 is 10.9. The first-order valence-electron chi connectivity index (χ1n) is 11.9. The lowest BCUT2D eigenvalue weighted by atomic mass is 10.0. The molecular weight excluding hydrogens is 388 g/mol. The topological polar surface area (TPSA) is 79.2 Å². The van der Waals surface area contributed by atoms with Crippen LogP contribution in [0.15, 0.2) is 0 Å². The highest BCUT2D eigenvalue weighted by molar-refractivity contribution is 7.80. The fourth-order valence-corrected chi connectivity index (χ4v) is 4.12. The average molecular weight is 433 g/mol. The molecule has 29 heavy (non-hydrogen) atoms. The smallest absolute Gasteiger partial charge is 0.160 e. The highest BCUT2D eigenvalue weighted by Gasteiger charge is 2.41. The van der Waals surface area contributed by atoms with Crippen LogP contribution in [-0.2, 0) is 9.47 Å². The van der Waals surface area contributed by atoms with E-state index in [2.05, 4.69) is 6.92 Å². The molecular formula is C23H44O5S. The van der Waals surface area contributed by atoms with E-state index in [-0.39, 0.29) is 6.61 Å². The van der Waals surface area contributed by atoms with Crippen molar-refractivity contribution in [3.05, 3.63) is 0 Å². The van der Waals surface area contributed by atoms with Crippen LogP contribution in [0.4, 0.5) is 0 Å². The molecule has 4 atom stereocenters. The summed E-state index contributed by atoms with van der Waals surface area (Å²) in [6, 6.07) is 0. The quantitative estimate of drug-likeness (QED) is 0.215. The second kappa shape index (κ2) is 17.4. The Hall–Kier alpha value is -0.270. The zero-order valence-electron chi connectivity index (χ0n) is 18.4. The first kappa shape index (κ1) is 26.8. The van der Waals surface area contributed by atoms with Crippen molar-refractivity contribution in [2.75, 3.05) is 13.2 Å². The van der Waals surface area contributed by atoms with Crippen LogP contribution in [0.5, 0.6) is 0 Å². The predicted molar refractivity (Wildman–Crippen MR) is 121 cm³/mol. The molecule has 0 unspecified atom stereocenters. The maximum absolute atomic E-state index is 10.1. The highest BCUT2D eigenvalue weighted by atomic mass is 32.1. The summed E-state index contributed by atoms with van der Waals surface area (Å²) in [5.74, 6) is 0. The van der Waals surface area contributed by atoms with Crippen LogP contribution in [0.1, 0.15) is 103 Å². The third kappa shape index (κ3) is 12.2. The van der Waals surface area contributed by atoms with E-state index in [1.54, 1.807) is 0 Å². The lowest BCUT2D eigenvalue weighted by Crippen LogP contribution is -2.41. The minimum Gasteiger partial charge on any atom is -0.479 e. The van der Waals surface area contributed by atoms with Crippen LogP contribution in [0.2, 0.25) is 0 Å². The Bertz CT molecular complexity index is 407. The van der Waals surface area contributed by atoms with Crippen molar-refractivity contribution in [3.63, 3.8) is 0 Å². The highest BCUT2D eigenvalue weighted by Crippen LogP contribution is 2.21. The first-order chi connectivity index (χ1) is 14.1. The number of thiocarbonyl (C=S) groups is 1. The minimum atomic E-state index is -1.10. The van der Waals surface area contributed by atoms with Gasteiger partial charge in [-0.25, -0.2) is 0 Å². The maximum Gasteiger partial charge on any atom is 0.160 e. The fourth-order valence-electron chi connectivity index (χ4n) is 3.85. The van der Waals surface area contributed by atoms with Crippen molar-refractivity contribution in [2.45, 2.75) is 128 Å². The van der Waals surface area contributed by atoms with E-state index in [1.807, 2.05) is 0 Å². The van der Waals surface area contributed by atoms with E-state index >= 15 is 0 Å². The molecule has 1 fully saturated rings. The maximum atomic E-state index is 10.1. The minimum absolute atomic E-state index is 0.182. The van der Waals surface area contributed by atoms with E-state index < -0.39 is 31.0 Å². The molecule has 6 heteroatoms. The molecule has 0 bridgehead atoms. The van der Waals surface area contributed by atoms with Crippen LogP contribution in [-0.4, -0.2) is 58.0 Å². The largest absolute Gasteiger partial charge is 0.479 e. The molecule has 0 saturated carbocycles. The molecule has 1 heterocycles. The summed E-state index contributed by atoms with van der Waals surface area (Å²) in [6.07, 6.45) is 15.8. The van der Waals surface area contributed by atoms with Gasteiger partial charge in [0, 0.05) is 6.42 Å². The van der Waals surface area contributed by atoms with Crippen molar-refractivity contribution in [2.24, 2.45) is 0 Å². The van der Waals surface area contributed by atoms with E-state index in [0.717, 1.165) is 12.8 Å². The summed E-state index contributed by atoms with van der Waals surface area (Å²) in [5, 5.41) is 29.2. The molecule has 0 aromatic rings. The molecule has 1 rings (SSSR count). The monoisotopic (exact) mass is 432 g/mol. The lowest BCUT2D eigenvalue weighted by Gasteiger charge is -2.21. The van der Waals surface area contributed by atoms with Gasteiger partial charge in [-0.05, 0) is 18.6 Å². The van der Waals surface area contributed by atoms with Gasteiger partial charge >= 0.3 is 0 Å². The zero-order chi connectivity index (χ0) is 21.3. The van der Waals surface area contributed by atoms with Gasteiger partial charge in [-0.1, -0.05) is 90.4 Å². The van der Waals surface area contributed by atoms with Crippen molar-refractivity contribution >= 4 is 17.3 Å². The molecule has 0 amide bonds. The molecule has 1 aliphatic heterocycles. The van der Waals surface area contributed by atoms with E-state index in [1.165, 1.54) is 77.0 Å². The Balaban J connectivity index is 1.90. The molecule has 172 valence electrons. The van der Waals surface area contributed by atoms with Crippen LogP contribution in [0.25, 0.3) is 0 Å². The Morgan fingerprint density at radius 1 is 0.931 bits per heavy atom. The number of hydrogen-bond donors (Lipinski definition) is 3. The van der Waals surface area contributed by atoms with Crippen LogP contribution in [0, 0.1) is 0 Å². The van der Waals surface area contributed by atoms with E-state index in [4.69, 9.17) is 26.8 Å². The Kier molecular flexibility index (Phi) is 16.1. The van der Waals surface area contributed by atoms with Crippen LogP contribution < -0.4 is 0 Å². The fraction of sp³-hybridized carbons (Fsp3) is 0.957. The number of aliphatic hydroxyl groups excluding tert-OH is 3. The normalized spacial score (nSPS) is 22.7. The van der Waals surface area contributed by atoms with Gasteiger partial charge in [0.2, 0.25) is 0 Å². The van der Waals surface area contributed by atoms with Crippen molar-refractivity contribution in [3.8, 4) is 0 Å². The molecule has 0 radical (unpaired) electrons. The standard InChI is InChI=1S/C23H44O5S/c1-2-3-4-5-6-7-8-9-10-11-12-13-14-15-16-21(29)28-20-18-27-23(22(20)26)19(25)17-24/h19-20,22-26H,2-18H2,1H3/t19-,20+,22+,23+/m1/s1. The molecule has 0 aromatic heterocycles. The number of ether oxygens (including phenoxy) is 2. The second-order valence-electron chi connectivity index (χ2n) is 8.41. The number of aliphatic hydroxyl groups is 3. The summed E-state index contributed by atoms with van der Waals surface area (Å²) in [5.41, 5.74) is 0. The third-order valence-corrected chi connectivity index (χ3v) is 6.05. The van der Waals surface area contributed by atoms with Gasteiger partial charge in [-0.2, -0.15) is 0 Å². The van der Waals surface area contributed by atoms with E-state index in [0.29, 0.717) is 11.5 Å². The van der Waals surface area contributed by atoms with Gasteiger partial charge in [0.25, 0.3) is 0 Å². The summed E-state index contributed by atoms with van der Waals surface area (Å²) in [4.78, 5) is 0. The Labute approximate surface area is 183 Å². The lowest BCUT2D eigenvalue weighted by molar-refractivity contribution is -0.0679. The van der Waals surface area contributed by atoms with Crippen molar-refractivity contribution in [1.29, 1.82) is 0 Å². The molecule has 0 aliphatic carbocycles. The second-order valence-corrected chi connectivity index (χ2v) is 8.87. The number of rotatable bonds is 18. The summed E-state index contributed by atoms with van der Waals surface area (Å²) >= 11 is 5.27. The van der Waals surface area contributed by atoms with Crippen molar-refractivity contribution in [1.82, 2.24) is 0 Å². The predicted octanol–water partition coefficient (Wildman–Crippen LogP) is 4.68. The third-order valence-electron chi connectivity index (χ3n) is 5.75. The number of hydrogen-bond acceptors (Lipinski definition) is 6. The van der Waals surface area contributed by atoms with Crippen LogP contribution in [0.3, 0.4) is 0 Å². The van der Waals surface area contributed by atoms with Gasteiger partial charge in [0.05, 0.1) is 13.2 Å². The van der Waals surface area contributed by atoms with Gasteiger partial charge in [-0.15, -0.1) is 0 Å². The van der Waals surface area contributed by atoms with Gasteiger partial charge in [0.15, 0.2) is 11.2 Å². The molecule has 1 aliphatic rings. The Morgan fingerprint density at radius 2 is 1.41 bits per heavy atom.